The van der Waals surface area contributed by atoms with E-state index in [1.165, 1.54) is 12.4 Å². The van der Waals surface area contributed by atoms with Crippen molar-refractivity contribution in [2.45, 2.75) is 32.5 Å². The van der Waals surface area contributed by atoms with Gasteiger partial charge in [0.15, 0.2) is 5.69 Å². The van der Waals surface area contributed by atoms with E-state index in [1.807, 2.05) is 30.3 Å². The van der Waals surface area contributed by atoms with E-state index >= 15 is 0 Å². The second-order valence-electron chi connectivity index (χ2n) is 9.02. The van der Waals surface area contributed by atoms with E-state index in [4.69, 9.17) is 27.9 Å². The molecule has 0 saturated carbocycles. The van der Waals surface area contributed by atoms with E-state index in [0.29, 0.717) is 44.5 Å². The minimum absolute atomic E-state index is 0.169. The molecule has 0 spiro atoms. The highest BCUT2D eigenvalue weighted by atomic mass is 35.5. The third kappa shape index (κ3) is 5.26. The SMILES string of the molecule is C[C@@H]1CN(c2ccc(NC(=O)c3n[nH]c4ccc(OCc5c(Cl)cncc5Cl)cc34)cc2)C[C@H](C)N1. The number of nitrogens with one attached hydrogen (secondary N) is 3. The summed E-state index contributed by atoms with van der Waals surface area (Å²) in [6.45, 7) is 6.43. The van der Waals surface area contributed by atoms with Crippen molar-refractivity contribution in [3.63, 3.8) is 0 Å². The number of carbonyl (C=O) groups is 1. The van der Waals surface area contributed by atoms with Crippen LogP contribution in [0.25, 0.3) is 10.9 Å². The maximum absolute atomic E-state index is 13.0. The first-order valence-electron chi connectivity index (χ1n) is 11.7. The second-order valence-corrected chi connectivity index (χ2v) is 9.84. The molecule has 1 amide bonds. The number of H-pyrrole nitrogens is 1. The maximum Gasteiger partial charge on any atom is 0.276 e. The number of ether oxygens (including phenoxy) is 1. The summed E-state index contributed by atoms with van der Waals surface area (Å²) in [6, 6.07) is 14.1. The van der Waals surface area contributed by atoms with Crippen molar-refractivity contribution in [1.82, 2.24) is 20.5 Å². The van der Waals surface area contributed by atoms with Crippen LogP contribution in [-0.2, 0) is 6.61 Å². The monoisotopic (exact) mass is 524 g/mol. The number of fused-ring (bicyclic) bond motifs is 1. The molecular formula is C26H26Cl2N6O2. The summed E-state index contributed by atoms with van der Waals surface area (Å²) < 4.78 is 5.89. The van der Waals surface area contributed by atoms with Crippen molar-refractivity contribution < 1.29 is 9.53 Å². The van der Waals surface area contributed by atoms with Crippen LogP contribution in [0.3, 0.4) is 0 Å². The molecule has 2 atom stereocenters. The molecule has 3 N–H and O–H groups in total. The van der Waals surface area contributed by atoms with Gasteiger partial charge in [-0.1, -0.05) is 23.2 Å². The summed E-state index contributed by atoms with van der Waals surface area (Å²) in [5, 5.41) is 15.1. The Morgan fingerprint density at radius 1 is 1.08 bits per heavy atom. The Bertz CT molecular complexity index is 1360. The third-order valence-corrected chi connectivity index (χ3v) is 6.78. The summed E-state index contributed by atoms with van der Waals surface area (Å²) >= 11 is 12.4. The maximum atomic E-state index is 13.0. The van der Waals surface area contributed by atoms with E-state index in [-0.39, 0.29) is 18.2 Å². The highest BCUT2D eigenvalue weighted by molar-refractivity contribution is 6.35. The molecule has 2 aromatic heterocycles. The molecule has 1 aliphatic heterocycles. The predicted molar refractivity (Wildman–Crippen MR) is 143 cm³/mol. The molecule has 1 aliphatic rings. The van der Waals surface area contributed by atoms with Crippen molar-refractivity contribution >= 4 is 51.4 Å². The van der Waals surface area contributed by atoms with Gasteiger partial charge in [-0.25, -0.2) is 0 Å². The van der Waals surface area contributed by atoms with Gasteiger partial charge in [0.25, 0.3) is 5.91 Å². The lowest BCUT2D eigenvalue weighted by atomic mass is 10.1. The number of anilines is 2. The van der Waals surface area contributed by atoms with Crippen LogP contribution in [0.2, 0.25) is 10.0 Å². The smallest absolute Gasteiger partial charge is 0.276 e. The predicted octanol–water partition coefficient (Wildman–Crippen LogP) is 5.28. The first kappa shape index (κ1) is 24.4. The fourth-order valence-electron chi connectivity index (χ4n) is 4.47. The Morgan fingerprint density at radius 2 is 1.78 bits per heavy atom. The zero-order chi connectivity index (χ0) is 25.2. The molecular weight excluding hydrogens is 499 g/mol. The zero-order valence-corrected chi connectivity index (χ0v) is 21.4. The van der Waals surface area contributed by atoms with Crippen molar-refractivity contribution in [3.8, 4) is 5.75 Å². The van der Waals surface area contributed by atoms with E-state index in [1.54, 1.807) is 12.1 Å². The van der Waals surface area contributed by atoms with E-state index in [9.17, 15) is 4.79 Å². The average molecular weight is 525 g/mol. The van der Waals surface area contributed by atoms with Crippen LogP contribution in [0.4, 0.5) is 11.4 Å². The first-order chi connectivity index (χ1) is 17.4. The van der Waals surface area contributed by atoms with Crippen LogP contribution < -0.4 is 20.3 Å². The molecule has 5 rings (SSSR count). The zero-order valence-electron chi connectivity index (χ0n) is 19.9. The Kier molecular flexibility index (Phi) is 7.00. The van der Waals surface area contributed by atoms with Crippen LogP contribution >= 0.6 is 23.2 Å². The molecule has 0 unspecified atom stereocenters. The quantitative estimate of drug-likeness (QED) is 0.317. The van der Waals surface area contributed by atoms with Gasteiger partial charge in [0, 0.05) is 59.9 Å². The summed E-state index contributed by atoms with van der Waals surface area (Å²) in [5.74, 6) is 0.251. The normalized spacial score (nSPS) is 17.8. The minimum atomic E-state index is -0.309. The number of carbonyl (C=O) groups excluding carboxylic acids is 1. The van der Waals surface area contributed by atoms with Gasteiger partial charge < -0.3 is 20.3 Å². The molecule has 0 bridgehead atoms. The molecule has 2 aromatic carbocycles. The van der Waals surface area contributed by atoms with E-state index in [0.717, 1.165) is 24.3 Å². The fourth-order valence-corrected chi connectivity index (χ4v) is 4.94. The summed E-state index contributed by atoms with van der Waals surface area (Å²) in [6.07, 6.45) is 3.04. The number of hydrogen-bond donors (Lipinski definition) is 3. The highest BCUT2D eigenvalue weighted by Crippen LogP contribution is 2.28. The Morgan fingerprint density at radius 3 is 2.47 bits per heavy atom. The molecule has 1 saturated heterocycles. The topological polar surface area (TPSA) is 95.2 Å². The van der Waals surface area contributed by atoms with Crippen LogP contribution in [0.1, 0.15) is 29.9 Å². The molecule has 3 heterocycles. The standard InChI is InChI=1S/C26H26Cl2N6O2/c1-15-12-34(13-16(2)30-15)18-5-3-17(4-6-18)31-26(35)25-20-9-19(7-8-24(20)32-33-25)36-14-21-22(27)10-29-11-23(21)28/h3-11,15-16,30H,12-14H2,1-2H3,(H,31,35)(H,32,33)/t15-,16+. The lowest BCUT2D eigenvalue weighted by Gasteiger charge is -2.37. The second kappa shape index (κ2) is 10.3. The molecule has 1 fully saturated rings. The Labute approximate surface area is 218 Å². The van der Waals surface area contributed by atoms with Crippen LogP contribution in [0, 0.1) is 0 Å². The van der Waals surface area contributed by atoms with Crippen molar-refractivity contribution in [3.05, 3.63) is 76.2 Å². The average Bonchev–Trinajstić information content (AvgIpc) is 3.27. The molecule has 0 aliphatic carbocycles. The number of aromatic amines is 1. The number of pyridine rings is 1. The lowest BCUT2D eigenvalue weighted by Crippen LogP contribution is -2.54. The van der Waals surface area contributed by atoms with E-state index in [2.05, 4.69) is 44.6 Å². The molecule has 10 heteroatoms. The summed E-state index contributed by atoms with van der Waals surface area (Å²) in [7, 11) is 0. The lowest BCUT2D eigenvalue weighted by molar-refractivity contribution is 0.102. The molecule has 186 valence electrons. The first-order valence-corrected chi connectivity index (χ1v) is 12.4. The van der Waals surface area contributed by atoms with Gasteiger partial charge in [-0.15, -0.1) is 0 Å². The Balaban J connectivity index is 1.29. The van der Waals surface area contributed by atoms with Crippen molar-refractivity contribution in [1.29, 1.82) is 0 Å². The largest absolute Gasteiger partial charge is 0.489 e. The Hall–Kier alpha value is -3.33. The number of halogens is 2. The van der Waals surface area contributed by atoms with Gasteiger partial charge in [0.2, 0.25) is 0 Å². The molecule has 8 nitrogen and oxygen atoms in total. The van der Waals surface area contributed by atoms with Gasteiger partial charge in [-0.3, -0.25) is 14.9 Å². The number of amides is 1. The van der Waals surface area contributed by atoms with Crippen molar-refractivity contribution in [2.24, 2.45) is 0 Å². The van der Waals surface area contributed by atoms with E-state index < -0.39 is 0 Å². The van der Waals surface area contributed by atoms with Gasteiger partial charge in [0.1, 0.15) is 12.4 Å². The van der Waals surface area contributed by atoms with Gasteiger partial charge in [-0.2, -0.15) is 5.10 Å². The van der Waals surface area contributed by atoms with Crippen LogP contribution in [0.15, 0.2) is 54.9 Å². The fraction of sp³-hybridized carbons (Fsp3) is 0.269. The molecule has 0 radical (unpaired) electrons. The molecule has 36 heavy (non-hydrogen) atoms. The third-order valence-electron chi connectivity index (χ3n) is 6.13. The van der Waals surface area contributed by atoms with Crippen LogP contribution in [-0.4, -0.2) is 46.3 Å². The number of piperazine rings is 1. The van der Waals surface area contributed by atoms with Gasteiger partial charge in [-0.05, 0) is 56.3 Å². The summed E-state index contributed by atoms with van der Waals surface area (Å²) in [5.41, 5.74) is 3.49. The molecule has 4 aromatic rings. The van der Waals surface area contributed by atoms with Crippen LogP contribution in [0.5, 0.6) is 5.75 Å². The summed E-state index contributed by atoms with van der Waals surface area (Å²) in [4.78, 5) is 19.4. The van der Waals surface area contributed by atoms with Gasteiger partial charge >= 0.3 is 0 Å². The van der Waals surface area contributed by atoms with Gasteiger partial charge in [0.05, 0.1) is 15.6 Å². The number of nitrogens with zero attached hydrogens (tertiary/aromatic N) is 3. The van der Waals surface area contributed by atoms with Crippen molar-refractivity contribution in [2.75, 3.05) is 23.3 Å². The number of benzene rings is 2. The number of rotatable bonds is 6. The number of hydrogen-bond acceptors (Lipinski definition) is 6. The number of aromatic nitrogens is 3. The minimum Gasteiger partial charge on any atom is -0.489 e. The highest BCUT2D eigenvalue weighted by Gasteiger charge is 2.21.